The number of hydrogen-bond acceptors (Lipinski definition) is 3. The summed E-state index contributed by atoms with van der Waals surface area (Å²) < 4.78 is 0. The topological polar surface area (TPSA) is 26.7 Å². The zero-order valence-electron chi connectivity index (χ0n) is 10.1. The van der Waals surface area contributed by atoms with Gasteiger partial charge in [0, 0.05) is 44.2 Å². The third kappa shape index (κ3) is 2.71. The van der Waals surface area contributed by atoms with E-state index >= 15 is 0 Å². The first kappa shape index (κ1) is 11.4. The molecule has 2 saturated heterocycles. The Morgan fingerprint density at radius 1 is 1.27 bits per heavy atom. The monoisotopic (exact) mass is 212 g/mol. The Morgan fingerprint density at radius 2 is 2.07 bits per heavy atom. The summed E-state index contributed by atoms with van der Waals surface area (Å²) in [6.45, 7) is 10.5. The highest BCUT2D eigenvalue weighted by atomic mass is 16.3. The molecule has 1 unspecified atom stereocenters. The lowest BCUT2D eigenvalue weighted by Gasteiger charge is -2.40. The van der Waals surface area contributed by atoms with Crippen molar-refractivity contribution in [2.75, 3.05) is 39.3 Å². The number of hydrogen-bond donors (Lipinski definition) is 1. The van der Waals surface area contributed by atoms with Crippen LogP contribution in [0, 0.1) is 5.41 Å². The molecule has 2 fully saturated rings. The molecule has 1 N–H and O–H groups in total. The number of piperazine rings is 1. The van der Waals surface area contributed by atoms with Gasteiger partial charge in [0.2, 0.25) is 0 Å². The Labute approximate surface area is 93.1 Å². The molecular formula is C12H24N2O. The molecule has 0 aliphatic carbocycles. The molecule has 0 aromatic rings. The maximum absolute atomic E-state index is 9.28. The number of aliphatic hydroxyl groups is 1. The van der Waals surface area contributed by atoms with Crippen LogP contribution in [0.1, 0.15) is 26.7 Å². The van der Waals surface area contributed by atoms with Crippen molar-refractivity contribution in [1.82, 2.24) is 9.80 Å². The van der Waals surface area contributed by atoms with Gasteiger partial charge < -0.3 is 5.11 Å². The average Bonchev–Trinajstić information content (AvgIpc) is 2.64. The van der Waals surface area contributed by atoms with Gasteiger partial charge in [0.25, 0.3) is 0 Å². The maximum Gasteiger partial charge on any atom is 0.0494 e. The number of fused-ring (bicyclic) bond motifs is 1. The molecule has 0 aromatic heterocycles. The van der Waals surface area contributed by atoms with Gasteiger partial charge in [-0.2, -0.15) is 0 Å². The minimum absolute atomic E-state index is 0.0563. The summed E-state index contributed by atoms with van der Waals surface area (Å²) in [5, 5.41) is 9.28. The first-order valence-corrected chi connectivity index (χ1v) is 6.18. The van der Waals surface area contributed by atoms with Gasteiger partial charge in [0.1, 0.15) is 0 Å². The second-order valence-electron chi connectivity index (χ2n) is 5.89. The summed E-state index contributed by atoms with van der Waals surface area (Å²) in [4.78, 5) is 5.16. The Bertz CT molecular complexity index is 218. The van der Waals surface area contributed by atoms with Crippen LogP contribution in [-0.4, -0.2) is 60.3 Å². The second-order valence-corrected chi connectivity index (χ2v) is 5.89. The standard InChI is InChI=1S/C12H24N2O/c1-12(2,10-15)9-13-6-7-14-5-3-4-11(14)8-13/h11,15H,3-10H2,1-2H3. The van der Waals surface area contributed by atoms with E-state index in [-0.39, 0.29) is 12.0 Å². The zero-order chi connectivity index (χ0) is 10.9. The molecule has 88 valence electrons. The molecule has 2 aliphatic rings. The Hall–Kier alpha value is -0.120. The molecule has 2 aliphatic heterocycles. The minimum Gasteiger partial charge on any atom is -0.396 e. The van der Waals surface area contributed by atoms with Gasteiger partial charge >= 0.3 is 0 Å². The van der Waals surface area contributed by atoms with E-state index < -0.39 is 0 Å². The van der Waals surface area contributed by atoms with Crippen LogP contribution in [0.3, 0.4) is 0 Å². The van der Waals surface area contributed by atoms with Gasteiger partial charge in [-0.25, -0.2) is 0 Å². The lowest BCUT2D eigenvalue weighted by Crippen LogP contribution is -2.52. The largest absolute Gasteiger partial charge is 0.396 e. The van der Waals surface area contributed by atoms with Crippen LogP contribution in [0.15, 0.2) is 0 Å². The van der Waals surface area contributed by atoms with Gasteiger partial charge in [-0.15, -0.1) is 0 Å². The predicted octanol–water partition coefficient (Wildman–Crippen LogP) is 0.785. The number of aliphatic hydroxyl groups excluding tert-OH is 1. The summed E-state index contributed by atoms with van der Waals surface area (Å²) in [6.07, 6.45) is 2.75. The summed E-state index contributed by atoms with van der Waals surface area (Å²) in [6, 6.07) is 0.799. The van der Waals surface area contributed by atoms with Gasteiger partial charge in [0.05, 0.1) is 0 Å². The van der Waals surface area contributed by atoms with Crippen LogP contribution < -0.4 is 0 Å². The van der Waals surface area contributed by atoms with Crippen molar-refractivity contribution in [3.63, 3.8) is 0 Å². The average molecular weight is 212 g/mol. The van der Waals surface area contributed by atoms with E-state index in [1.165, 1.54) is 39.0 Å². The summed E-state index contributed by atoms with van der Waals surface area (Å²) >= 11 is 0. The molecule has 0 bridgehead atoms. The predicted molar refractivity (Wildman–Crippen MR) is 61.9 cm³/mol. The van der Waals surface area contributed by atoms with E-state index in [1.807, 2.05) is 0 Å². The lowest BCUT2D eigenvalue weighted by atomic mass is 9.93. The molecule has 3 nitrogen and oxygen atoms in total. The Morgan fingerprint density at radius 3 is 2.80 bits per heavy atom. The minimum atomic E-state index is 0.0563. The highest BCUT2D eigenvalue weighted by Gasteiger charge is 2.32. The summed E-state index contributed by atoms with van der Waals surface area (Å²) in [7, 11) is 0. The van der Waals surface area contributed by atoms with Crippen LogP contribution in [0.2, 0.25) is 0 Å². The summed E-state index contributed by atoms with van der Waals surface area (Å²) in [5.74, 6) is 0. The van der Waals surface area contributed by atoms with Crippen molar-refractivity contribution in [3.05, 3.63) is 0 Å². The normalized spacial score (nSPS) is 29.4. The summed E-state index contributed by atoms with van der Waals surface area (Å²) in [5.41, 5.74) is 0.0563. The smallest absolute Gasteiger partial charge is 0.0494 e. The SMILES string of the molecule is CC(C)(CO)CN1CCN2CCCC2C1. The highest BCUT2D eigenvalue weighted by Crippen LogP contribution is 2.24. The van der Waals surface area contributed by atoms with Crippen molar-refractivity contribution < 1.29 is 5.11 Å². The third-order valence-electron chi connectivity index (χ3n) is 3.75. The van der Waals surface area contributed by atoms with Gasteiger partial charge in [0.15, 0.2) is 0 Å². The Balaban J connectivity index is 1.85. The molecule has 1 atom stereocenters. The van der Waals surface area contributed by atoms with E-state index in [0.717, 1.165) is 12.6 Å². The van der Waals surface area contributed by atoms with E-state index in [4.69, 9.17) is 0 Å². The van der Waals surface area contributed by atoms with Crippen LogP contribution in [0.4, 0.5) is 0 Å². The first-order chi connectivity index (χ1) is 7.11. The molecule has 0 spiro atoms. The maximum atomic E-state index is 9.28. The highest BCUT2D eigenvalue weighted by molar-refractivity contribution is 4.88. The van der Waals surface area contributed by atoms with Gasteiger partial charge in [-0.3, -0.25) is 9.80 Å². The van der Waals surface area contributed by atoms with Gasteiger partial charge in [-0.1, -0.05) is 13.8 Å². The molecule has 15 heavy (non-hydrogen) atoms. The molecule has 0 radical (unpaired) electrons. The van der Waals surface area contributed by atoms with Crippen LogP contribution in [0.5, 0.6) is 0 Å². The zero-order valence-corrected chi connectivity index (χ0v) is 10.1. The van der Waals surface area contributed by atoms with Crippen molar-refractivity contribution in [3.8, 4) is 0 Å². The second kappa shape index (κ2) is 4.40. The Kier molecular flexibility index (Phi) is 3.33. The molecule has 2 heterocycles. The first-order valence-electron chi connectivity index (χ1n) is 6.18. The van der Waals surface area contributed by atoms with Gasteiger partial charge in [-0.05, 0) is 19.4 Å². The van der Waals surface area contributed by atoms with E-state index in [1.54, 1.807) is 0 Å². The van der Waals surface area contributed by atoms with Crippen molar-refractivity contribution in [2.24, 2.45) is 5.41 Å². The fourth-order valence-corrected chi connectivity index (χ4v) is 2.85. The van der Waals surface area contributed by atoms with E-state index in [0.29, 0.717) is 0 Å². The number of nitrogens with zero attached hydrogens (tertiary/aromatic N) is 2. The molecule has 2 rings (SSSR count). The van der Waals surface area contributed by atoms with E-state index in [9.17, 15) is 5.11 Å². The van der Waals surface area contributed by atoms with Crippen LogP contribution in [0.25, 0.3) is 0 Å². The fourth-order valence-electron chi connectivity index (χ4n) is 2.85. The van der Waals surface area contributed by atoms with Crippen molar-refractivity contribution >= 4 is 0 Å². The van der Waals surface area contributed by atoms with Crippen molar-refractivity contribution in [2.45, 2.75) is 32.7 Å². The molecule has 0 saturated carbocycles. The molecule has 3 heteroatoms. The number of rotatable bonds is 3. The third-order valence-corrected chi connectivity index (χ3v) is 3.75. The van der Waals surface area contributed by atoms with Crippen LogP contribution in [-0.2, 0) is 0 Å². The van der Waals surface area contributed by atoms with Crippen LogP contribution >= 0.6 is 0 Å². The molecule has 0 amide bonds. The van der Waals surface area contributed by atoms with Crippen molar-refractivity contribution in [1.29, 1.82) is 0 Å². The lowest BCUT2D eigenvalue weighted by molar-refractivity contribution is 0.0511. The quantitative estimate of drug-likeness (QED) is 0.749. The molecular weight excluding hydrogens is 188 g/mol. The van der Waals surface area contributed by atoms with E-state index in [2.05, 4.69) is 23.6 Å². The molecule has 0 aromatic carbocycles. The fraction of sp³-hybridized carbons (Fsp3) is 1.00.